The van der Waals surface area contributed by atoms with Gasteiger partial charge in [0.25, 0.3) is 0 Å². The molecule has 5 nitrogen and oxygen atoms in total. The van der Waals surface area contributed by atoms with Gasteiger partial charge in [0.2, 0.25) is 0 Å². The maximum Gasteiger partial charge on any atom is 0.0991 e. The Morgan fingerprint density at radius 3 is 1.57 bits per heavy atom. The van der Waals surface area contributed by atoms with E-state index in [1.54, 1.807) is 0 Å². The van der Waals surface area contributed by atoms with Gasteiger partial charge < -0.3 is 13.7 Å². The van der Waals surface area contributed by atoms with Gasteiger partial charge in [0, 0.05) is 49.4 Å². The molecule has 0 fully saturated rings. The van der Waals surface area contributed by atoms with Gasteiger partial charge in [-0.1, -0.05) is 66.7 Å². The summed E-state index contributed by atoms with van der Waals surface area (Å²) < 4.78 is 6.99. The summed E-state index contributed by atoms with van der Waals surface area (Å²) in [6, 6.07) is 57.2. The van der Waals surface area contributed by atoms with Crippen molar-refractivity contribution in [2.24, 2.45) is 0 Å². The lowest BCUT2D eigenvalue weighted by Crippen LogP contribution is -1.99. The first-order chi connectivity index (χ1) is 24.2. The van der Waals surface area contributed by atoms with Gasteiger partial charge in [0.05, 0.1) is 56.4 Å². The van der Waals surface area contributed by atoms with Gasteiger partial charge in [0.1, 0.15) is 0 Å². The SMILES string of the molecule is N#Cc1ccc2c(c1)c1ccccc1n2-c1cccc(-n2c3ccc(C#N)cc3c3ccc4c(c5ccccc5n4-c4ccccc4)c32)c1. The van der Waals surface area contributed by atoms with Crippen LogP contribution in [0.15, 0.2) is 152 Å². The molecular weight excluding hydrogens is 599 g/mol. The number of nitriles is 2. The highest BCUT2D eigenvalue weighted by Crippen LogP contribution is 2.42. The van der Waals surface area contributed by atoms with Crippen molar-refractivity contribution in [3.63, 3.8) is 0 Å². The molecule has 10 aromatic rings. The topological polar surface area (TPSA) is 62.4 Å². The molecule has 0 spiro atoms. The fourth-order valence-corrected chi connectivity index (χ4v) is 7.84. The quantitative estimate of drug-likeness (QED) is 0.197. The zero-order chi connectivity index (χ0) is 32.6. The van der Waals surface area contributed by atoms with Gasteiger partial charge in [0.15, 0.2) is 0 Å². The third kappa shape index (κ3) is 3.79. The minimum atomic E-state index is 0.633. The van der Waals surface area contributed by atoms with Crippen molar-refractivity contribution in [1.29, 1.82) is 10.5 Å². The Balaban J connectivity index is 1.34. The summed E-state index contributed by atoms with van der Waals surface area (Å²) in [5, 5.41) is 26.2. The van der Waals surface area contributed by atoms with Crippen LogP contribution in [0.1, 0.15) is 11.1 Å². The van der Waals surface area contributed by atoms with Crippen molar-refractivity contribution >= 4 is 65.4 Å². The Kier molecular flexibility index (Phi) is 5.64. The van der Waals surface area contributed by atoms with Gasteiger partial charge in [-0.2, -0.15) is 10.5 Å². The number of para-hydroxylation sites is 3. The second kappa shape index (κ2) is 10.2. The van der Waals surface area contributed by atoms with E-state index in [1.165, 1.54) is 5.39 Å². The van der Waals surface area contributed by atoms with Crippen molar-refractivity contribution in [3.05, 3.63) is 163 Å². The molecule has 0 radical (unpaired) electrons. The number of rotatable bonds is 3. The van der Waals surface area contributed by atoms with Crippen molar-refractivity contribution in [2.75, 3.05) is 0 Å². The van der Waals surface area contributed by atoms with Crippen LogP contribution in [0, 0.1) is 22.7 Å². The van der Waals surface area contributed by atoms with E-state index >= 15 is 0 Å². The molecule has 0 aliphatic heterocycles. The van der Waals surface area contributed by atoms with Crippen LogP contribution in [0.25, 0.3) is 82.5 Å². The summed E-state index contributed by atoms with van der Waals surface area (Å²) in [4.78, 5) is 0. The number of benzene rings is 7. The number of aromatic nitrogens is 3. The molecule has 49 heavy (non-hydrogen) atoms. The van der Waals surface area contributed by atoms with Crippen LogP contribution in [0.3, 0.4) is 0 Å². The molecular formula is C44H25N5. The maximum absolute atomic E-state index is 9.90. The van der Waals surface area contributed by atoms with Gasteiger partial charge in [-0.05, 0) is 84.9 Å². The second-order valence-electron chi connectivity index (χ2n) is 12.4. The van der Waals surface area contributed by atoms with Crippen molar-refractivity contribution < 1.29 is 0 Å². The van der Waals surface area contributed by atoms with Crippen LogP contribution in [-0.4, -0.2) is 13.7 Å². The molecule has 5 heteroatoms. The summed E-state index contributed by atoms with van der Waals surface area (Å²) in [6.07, 6.45) is 0. The van der Waals surface area contributed by atoms with Crippen LogP contribution in [0.5, 0.6) is 0 Å². The predicted octanol–water partition coefficient (Wildman–Crippen LogP) is 10.7. The summed E-state index contributed by atoms with van der Waals surface area (Å²) in [5.74, 6) is 0. The first kappa shape index (κ1) is 27.1. The minimum Gasteiger partial charge on any atom is -0.309 e. The average Bonchev–Trinajstić information content (AvgIpc) is 3.80. The number of hydrogen-bond donors (Lipinski definition) is 0. The van der Waals surface area contributed by atoms with Crippen LogP contribution >= 0.6 is 0 Å². The smallest absolute Gasteiger partial charge is 0.0991 e. The highest BCUT2D eigenvalue weighted by Gasteiger charge is 2.22. The minimum absolute atomic E-state index is 0.633. The zero-order valence-corrected chi connectivity index (χ0v) is 26.2. The maximum atomic E-state index is 9.90. The molecule has 0 saturated heterocycles. The Hall–Kier alpha value is -7.08. The first-order valence-electron chi connectivity index (χ1n) is 16.2. The van der Waals surface area contributed by atoms with E-state index in [1.807, 2.05) is 42.5 Å². The van der Waals surface area contributed by atoms with E-state index in [2.05, 4.69) is 135 Å². The van der Waals surface area contributed by atoms with Gasteiger partial charge in [-0.3, -0.25) is 0 Å². The molecule has 0 atom stereocenters. The lowest BCUT2D eigenvalue weighted by atomic mass is 10.1. The van der Waals surface area contributed by atoms with Crippen LogP contribution in [0.2, 0.25) is 0 Å². The van der Waals surface area contributed by atoms with E-state index < -0.39 is 0 Å². The number of fused-ring (bicyclic) bond motifs is 10. The second-order valence-corrected chi connectivity index (χ2v) is 12.4. The molecule has 3 aromatic heterocycles. The molecule has 0 unspecified atom stereocenters. The Labute approximate surface area is 280 Å². The average molecular weight is 624 g/mol. The van der Waals surface area contributed by atoms with E-state index in [0.29, 0.717) is 11.1 Å². The molecule has 0 amide bonds. The summed E-state index contributed by atoms with van der Waals surface area (Å²) in [7, 11) is 0. The van der Waals surface area contributed by atoms with Crippen molar-refractivity contribution in [3.8, 4) is 29.2 Å². The number of nitrogens with zero attached hydrogens (tertiary/aromatic N) is 5. The molecule has 0 saturated carbocycles. The van der Waals surface area contributed by atoms with Crippen LogP contribution in [-0.2, 0) is 0 Å². The molecule has 0 N–H and O–H groups in total. The zero-order valence-electron chi connectivity index (χ0n) is 26.2. The summed E-state index contributed by atoms with van der Waals surface area (Å²) in [5.41, 5.74) is 11.0. The largest absolute Gasteiger partial charge is 0.309 e. The van der Waals surface area contributed by atoms with E-state index in [9.17, 15) is 10.5 Å². The lowest BCUT2D eigenvalue weighted by molar-refractivity contribution is 1.14. The van der Waals surface area contributed by atoms with Gasteiger partial charge in [-0.25, -0.2) is 0 Å². The molecule has 0 aliphatic carbocycles. The molecule has 3 heterocycles. The standard InChI is InChI=1S/C44H25N5/c45-26-28-17-20-40-36(23-28)33-13-4-6-15-38(33)48(40)31-11-8-12-32(25-31)49-41-21-18-29(27-46)24-37(41)34-19-22-42-43(44(34)49)35-14-5-7-16-39(35)47(42)30-9-2-1-3-10-30/h1-25H. The highest BCUT2D eigenvalue weighted by atomic mass is 15.0. The molecule has 7 aromatic carbocycles. The van der Waals surface area contributed by atoms with Crippen molar-refractivity contribution in [1.82, 2.24) is 13.7 Å². The van der Waals surface area contributed by atoms with Crippen LogP contribution in [0.4, 0.5) is 0 Å². The van der Waals surface area contributed by atoms with Crippen LogP contribution < -0.4 is 0 Å². The summed E-state index contributed by atoms with van der Waals surface area (Å²) >= 11 is 0. The number of hydrogen-bond acceptors (Lipinski definition) is 2. The van der Waals surface area contributed by atoms with E-state index in [0.717, 1.165) is 77.1 Å². The molecule has 226 valence electrons. The fourth-order valence-electron chi connectivity index (χ4n) is 7.84. The first-order valence-corrected chi connectivity index (χ1v) is 16.2. The predicted molar refractivity (Wildman–Crippen MR) is 199 cm³/mol. The molecule has 10 rings (SSSR count). The van der Waals surface area contributed by atoms with Crippen molar-refractivity contribution in [2.45, 2.75) is 0 Å². The van der Waals surface area contributed by atoms with Gasteiger partial charge >= 0.3 is 0 Å². The van der Waals surface area contributed by atoms with Gasteiger partial charge in [-0.15, -0.1) is 0 Å². The van der Waals surface area contributed by atoms with E-state index in [4.69, 9.17) is 0 Å². The Bertz CT molecular complexity index is 3070. The fraction of sp³-hybridized carbons (Fsp3) is 0. The Morgan fingerprint density at radius 2 is 0.857 bits per heavy atom. The third-order valence-corrected chi connectivity index (χ3v) is 9.85. The third-order valence-electron chi connectivity index (χ3n) is 9.85. The molecule has 0 aliphatic rings. The summed E-state index contributed by atoms with van der Waals surface area (Å²) in [6.45, 7) is 0. The molecule has 0 bridgehead atoms. The monoisotopic (exact) mass is 623 g/mol. The highest BCUT2D eigenvalue weighted by molar-refractivity contribution is 6.26. The Morgan fingerprint density at radius 1 is 0.347 bits per heavy atom. The van der Waals surface area contributed by atoms with E-state index in [-0.39, 0.29) is 0 Å². The lowest BCUT2D eigenvalue weighted by Gasteiger charge is -2.13. The normalized spacial score (nSPS) is 11.6.